The molecule has 0 bridgehead atoms. The minimum absolute atomic E-state index is 0.0718. The molecule has 0 aromatic heterocycles. The van der Waals surface area contributed by atoms with Crippen LogP contribution in [0.15, 0.2) is 54.6 Å². The van der Waals surface area contributed by atoms with Gasteiger partial charge in [-0.3, -0.25) is 4.79 Å². The summed E-state index contributed by atoms with van der Waals surface area (Å²) < 4.78 is 0. The van der Waals surface area contributed by atoms with Crippen molar-refractivity contribution in [2.75, 3.05) is 0 Å². The third-order valence-corrected chi connectivity index (χ3v) is 3.69. The summed E-state index contributed by atoms with van der Waals surface area (Å²) in [6.07, 6.45) is 0. The van der Waals surface area contributed by atoms with E-state index >= 15 is 0 Å². The standard InChI is InChI=1S/C18H20O/c1-13(2)14(3)18(19)17-11-9-16(10-12-17)15-7-5-4-6-8-15/h4-14H,1-3H3. The Morgan fingerprint density at radius 3 is 1.84 bits per heavy atom. The van der Waals surface area contributed by atoms with Crippen LogP contribution in [0.5, 0.6) is 0 Å². The van der Waals surface area contributed by atoms with Gasteiger partial charge in [-0.2, -0.15) is 0 Å². The van der Waals surface area contributed by atoms with E-state index in [1.54, 1.807) is 0 Å². The first-order chi connectivity index (χ1) is 9.09. The lowest BCUT2D eigenvalue weighted by atomic mass is 9.89. The van der Waals surface area contributed by atoms with Crippen LogP contribution in [-0.4, -0.2) is 5.78 Å². The number of ketones is 1. The topological polar surface area (TPSA) is 17.1 Å². The van der Waals surface area contributed by atoms with Gasteiger partial charge in [0, 0.05) is 11.5 Å². The summed E-state index contributed by atoms with van der Waals surface area (Å²) in [6, 6.07) is 18.1. The largest absolute Gasteiger partial charge is 0.294 e. The fraction of sp³-hybridized carbons (Fsp3) is 0.278. The van der Waals surface area contributed by atoms with Gasteiger partial charge in [0.05, 0.1) is 0 Å². The number of rotatable bonds is 4. The monoisotopic (exact) mass is 252 g/mol. The Morgan fingerprint density at radius 2 is 1.32 bits per heavy atom. The molecule has 0 radical (unpaired) electrons. The quantitative estimate of drug-likeness (QED) is 0.712. The number of carbonyl (C=O) groups excluding carboxylic acids is 1. The second-order valence-corrected chi connectivity index (χ2v) is 5.34. The first-order valence-corrected chi connectivity index (χ1v) is 6.79. The van der Waals surface area contributed by atoms with Crippen LogP contribution >= 0.6 is 0 Å². The average molecular weight is 252 g/mol. The molecule has 1 heteroatoms. The molecule has 98 valence electrons. The van der Waals surface area contributed by atoms with Crippen molar-refractivity contribution in [3.05, 3.63) is 60.2 Å². The number of hydrogen-bond donors (Lipinski definition) is 0. The van der Waals surface area contributed by atoms with Crippen molar-refractivity contribution in [2.24, 2.45) is 11.8 Å². The molecule has 1 atom stereocenters. The van der Waals surface area contributed by atoms with Crippen molar-refractivity contribution in [3.8, 4) is 11.1 Å². The number of carbonyl (C=O) groups is 1. The smallest absolute Gasteiger partial charge is 0.165 e. The Balaban J connectivity index is 2.22. The third kappa shape index (κ3) is 3.11. The molecule has 1 nitrogen and oxygen atoms in total. The van der Waals surface area contributed by atoms with E-state index in [-0.39, 0.29) is 11.7 Å². The molecule has 0 aliphatic heterocycles. The predicted octanol–water partition coefficient (Wildman–Crippen LogP) is 4.83. The highest BCUT2D eigenvalue weighted by Crippen LogP contribution is 2.22. The van der Waals surface area contributed by atoms with Gasteiger partial charge in [-0.1, -0.05) is 75.4 Å². The maximum absolute atomic E-state index is 12.2. The summed E-state index contributed by atoms with van der Waals surface area (Å²) in [5, 5.41) is 0. The van der Waals surface area contributed by atoms with Crippen molar-refractivity contribution in [2.45, 2.75) is 20.8 Å². The lowest BCUT2D eigenvalue weighted by Gasteiger charge is -2.14. The van der Waals surface area contributed by atoms with Crippen LogP contribution in [-0.2, 0) is 0 Å². The van der Waals surface area contributed by atoms with Crippen LogP contribution < -0.4 is 0 Å². The summed E-state index contributed by atoms with van der Waals surface area (Å²) in [7, 11) is 0. The van der Waals surface area contributed by atoms with E-state index in [9.17, 15) is 4.79 Å². The Kier molecular flexibility index (Phi) is 4.16. The maximum atomic E-state index is 12.2. The SMILES string of the molecule is CC(C)C(C)C(=O)c1ccc(-c2ccccc2)cc1. The summed E-state index contributed by atoms with van der Waals surface area (Å²) in [6.45, 7) is 6.17. The number of benzene rings is 2. The van der Waals surface area contributed by atoms with E-state index in [1.807, 2.05) is 49.4 Å². The van der Waals surface area contributed by atoms with Crippen LogP contribution in [0.3, 0.4) is 0 Å². The Labute approximate surface area is 115 Å². The van der Waals surface area contributed by atoms with Crippen molar-refractivity contribution < 1.29 is 4.79 Å². The molecule has 0 saturated heterocycles. The first-order valence-electron chi connectivity index (χ1n) is 6.79. The van der Waals surface area contributed by atoms with Gasteiger partial charge in [-0.15, -0.1) is 0 Å². The van der Waals surface area contributed by atoms with Crippen molar-refractivity contribution in [1.29, 1.82) is 0 Å². The van der Waals surface area contributed by atoms with Gasteiger partial charge in [-0.05, 0) is 17.0 Å². The Morgan fingerprint density at radius 1 is 0.789 bits per heavy atom. The van der Waals surface area contributed by atoms with Crippen LogP contribution in [0.2, 0.25) is 0 Å². The summed E-state index contributed by atoms with van der Waals surface area (Å²) >= 11 is 0. The van der Waals surface area contributed by atoms with E-state index < -0.39 is 0 Å². The highest BCUT2D eigenvalue weighted by Gasteiger charge is 2.18. The first kappa shape index (κ1) is 13.5. The molecule has 0 aliphatic carbocycles. The van der Waals surface area contributed by atoms with E-state index in [0.29, 0.717) is 5.92 Å². The molecule has 2 aromatic carbocycles. The zero-order chi connectivity index (χ0) is 13.8. The summed E-state index contributed by atoms with van der Waals surface area (Å²) in [5.74, 6) is 0.679. The Hall–Kier alpha value is -1.89. The van der Waals surface area contributed by atoms with Crippen LogP contribution in [0.1, 0.15) is 31.1 Å². The molecule has 0 heterocycles. The van der Waals surface area contributed by atoms with E-state index in [2.05, 4.69) is 26.0 Å². The van der Waals surface area contributed by atoms with Crippen LogP contribution in [0.4, 0.5) is 0 Å². The molecule has 0 amide bonds. The van der Waals surface area contributed by atoms with Gasteiger partial charge >= 0.3 is 0 Å². The lowest BCUT2D eigenvalue weighted by Crippen LogP contribution is -2.16. The molecular formula is C18H20O. The van der Waals surface area contributed by atoms with Crippen molar-refractivity contribution in [3.63, 3.8) is 0 Å². The second kappa shape index (κ2) is 5.83. The molecule has 1 unspecified atom stereocenters. The molecule has 2 aromatic rings. The van der Waals surface area contributed by atoms with Gasteiger partial charge in [0.1, 0.15) is 0 Å². The summed E-state index contributed by atoms with van der Waals surface area (Å²) in [5.41, 5.74) is 3.13. The van der Waals surface area contributed by atoms with Gasteiger partial charge in [0.25, 0.3) is 0 Å². The van der Waals surface area contributed by atoms with E-state index in [1.165, 1.54) is 5.56 Å². The van der Waals surface area contributed by atoms with Gasteiger partial charge < -0.3 is 0 Å². The maximum Gasteiger partial charge on any atom is 0.165 e. The third-order valence-electron chi connectivity index (χ3n) is 3.69. The molecule has 0 spiro atoms. The summed E-state index contributed by atoms with van der Waals surface area (Å²) in [4.78, 5) is 12.2. The normalized spacial score (nSPS) is 12.4. The highest BCUT2D eigenvalue weighted by molar-refractivity contribution is 5.98. The lowest BCUT2D eigenvalue weighted by molar-refractivity contribution is 0.0900. The molecule has 0 aliphatic rings. The Bertz CT molecular complexity index is 538. The zero-order valence-electron chi connectivity index (χ0n) is 11.8. The molecule has 2 rings (SSSR count). The molecule has 0 fully saturated rings. The highest BCUT2D eigenvalue weighted by atomic mass is 16.1. The molecule has 19 heavy (non-hydrogen) atoms. The minimum atomic E-state index is 0.0718. The van der Waals surface area contributed by atoms with Crippen molar-refractivity contribution >= 4 is 5.78 Å². The van der Waals surface area contributed by atoms with Crippen LogP contribution in [0, 0.1) is 11.8 Å². The fourth-order valence-corrected chi connectivity index (χ4v) is 2.02. The van der Waals surface area contributed by atoms with Gasteiger partial charge in [0.2, 0.25) is 0 Å². The minimum Gasteiger partial charge on any atom is -0.294 e. The molecule has 0 saturated carbocycles. The van der Waals surface area contributed by atoms with Gasteiger partial charge in [0.15, 0.2) is 5.78 Å². The van der Waals surface area contributed by atoms with E-state index in [4.69, 9.17) is 0 Å². The van der Waals surface area contributed by atoms with Gasteiger partial charge in [-0.25, -0.2) is 0 Å². The number of hydrogen-bond acceptors (Lipinski definition) is 1. The second-order valence-electron chi connectivity index (χ2n) is 5.34. The molecular weight excluding hydrogens is 232 g/mol. The zero-order valence-corrected chi connectivity index (χ0v) is 11.8. The predicted molar refractivity (Wildman–Crippen MR) is 80.2 cm³/mol. The van der Waals surface area contributed by atoms with Crippen LogP contribution in [0.25, 0.3) is 11.1 Å². The van der Waals surface area contributed by atoms with Crippen molar-refractivity contribution in [1.82, 2.24) is 0 Å². The molecule has 0 N–H and O–H groups in total. The average Bonchev–Trinajstić information content (AvgIpc) is 2.46. The van der Waals surface area contributed by atoms with E-state index in [0.717, 1.165) is 11.1 Å². The number of Topliss-reactive ketones (excluding diaryl/α,β-unsaturated/α-hetero) is 1. The fourth-order valence-electron chi connectivity index (χ4n) is 2.02.